The maximum absolute atomic E-state index is 11.9. The highest BCUT2D eigenvalue weighted by Gasteiger charge is 2.59. The van der Waals surface area contributed by atoms with Gasteiger partial charge in [0.15, 0.2) is 13.6 Å². The molecular weight excluding hydrogens is 372 g/mol. The highest BCUT2D eigenvalue weighted by molar-refractivity contribution is 4.76. The Bertz CT molecular complexity index is 291. The zero-order valence-corrected chi connectivity index (χ0v) is 10.3. The highest BCUT2D eigenvalue weighted by atomic mass is 19.4. The largest absolute Gasteiger partial charge is 0.423 e. The van der Waals surface area contributed by atoms with Crippen LogP contribution in [0.2, 0.25) is 0 Å². The zero-order chi connectivity index (χ0) is 18.7. The van der Waals surface area contributed by atoms with Crippen molar-refractivity contribution in [3.8, 4) is 0 Å². The number of hydrogen-bond donors (Lipinski definition) is 0. The molecule has 0 aliphatic carbocycles. The van der Waals surface area contributed by atoms with Gasteiger partial charge in [0.2, 0.25) is 0 Å². The van der Waals surface area contributed by atoms with Crippen molar-refractivity contribution in [3.63, 3.8) is 0 Å². The van der Waals surface area contributed by atoms with Crippen molar-refractivity contribution < 1.29 is 66.9 Å². The van der Waals surface area contributed by atoms with Crippen molar-refractivity contribution in [2.45, 2.75) is 36.9 Å². The first-order valence-corrected chi connectivity index (χ1v) is 5.05. The van der Waals surface area contributed by atoms with Crippen LogP contribution < -0.4 is 0 Å². The van der Waals surface area contributed by atoms with Crippen molar-refractivity contribution in [2.75, 3.05) is 13.6 Å². The highest BCUT2D eigenvalue weighted by Crippen LogP contribution is 2.36. The smallest absolute Gasteiger partial charge is 0.334 e. The lowest BCUT2D eigenvalue weighted by molar-refractivity contribution is -0.354. The molecule has 0 aromatic heterocycles. The maximum atomic E-state index is 11.9. The van der Waals surface area contributed by atoms with Gasteiger partial charge in [-0.15, -0.1) is 0 Å². The molecule has 0 saturated heterocycles. The number of ether oxygens (including phenoxy) is 3. The second-order valence-corrected chi connectivity index (χ2v) is 3.70. The lowest BCUT2D eigenvalue weighted by Gasteiger charge is -2.24. The van der Waals surface area contributed by atoms with Crippen LogP contribution in [0, 0.1) is 0 Å². The van der Waals surface area contributed by atoms with Crippen LogP contribution in [-0.4, -0.2) is 50.5 Å². The molecule has 0 amide bonds. The monoisotopic (exact) mass is 378 g/mol. The summed E-state index contributed by atoms with van der Waals surface area (Å²) in [6, 6.07) is 0. The van der Waals surface area contributed by atoms with Gasteiger partial charge in [-0.2, -0.15) is 52.7 Å². The molecule has 0 rings (SSSR count). The minimum atomic E-state index is -5.91. The third-order valence-electron chi connectivity index (χ3n) is 1.83. The molecule has 0 aromatic rings. The van der Waals surface area contributed by atoms with E-state index in [1.54, 1.807) is 0 Å². The van der Waals surface area contributed by atoms with E-state index < -0.39 is 50.5 Å². The van der Waals surface area contributed by atoms with Crippen LogP contribution in [-0.2, 0) is 14.2 Å². The predicted octanol–water partition coefficient (Wildman–Crippen LogP) is 3.94. The van der Waals surface area contributed by atoms with Crippen molar-refractivity contribution in [1.82, 2.24) is 0 Å². The lowest BCUT2D eigenvalue weighted by Crippen LogP contribution is -2.45. The number of rotatable bonds is 6. The standard InChI is InChI=1S/C8H6F12O3/c9-5(10,11)3(6(12,13)14)22-1-21-2-23-4(7(15,16)17)8(18,19)20/h3-4H,1-2H2. The van der Waals surface area contributed by atoms with E-state index in [1.165, 1.54) is 0 Å². The number of hydrogen-bond acceptors (Lipinski definition) is 3. The van der Waals surface area contributed by atoms with Crippen molar-refractivity contribution in [2.24, 2.45) is 0 Å². The summed E-state index contributed by atoms with van der Waals surface area (Å²) in [7, 11) is 0. The normalized spacial score (nSPS) is 14.9. The molecule has 0 fully saturated rings. The summed E-state index contributed by atoms with van der Waals surface area (Å²) in [6.45, 7) is -3.82. The summed E-state index contributed by atoms with van der Waals surface area (Å²) in [5.41, 5.74) is 0. The second-order valence-electron chi connectivity index (χ2n) is 3.70. The van der Waals surface area contributed by atoms with Crippen LogP contribution in [0.25, 0.3) is 0 Å². The Morgan fingerprint density at radius 1 is 0.478 bits per heavy atom. The van der Waals surface area contributed by atoms with Gasteiger partial charge < -0.3 is 14.2 Å². The molecule has 0 aromatic carbocycles. The van der Waals surface area contributed by atoms with E-state index in [2.05, 4.69) is 14.2 Å². The Morgan fingerprint density at radius 2 is 0.696 bits per heavy atom. The van der Waals surface area contributed by atoms with Crippen LogP contribution in [0.4, 0.5) is 52.7 Å². The van der Waals surface area contributed by atoms with Gasteiger partial charge in [0.05, 0.1) is 0 Å². The molecule has 0 radical (unpaired) electrons. The predicted molar refractivity (Wildman–Crippen MR) is 44.8 cm³/mol. The van der Waals surface area contributed by atoms with Crippen LogP contribution in [0.15, 0.2) is 0 Å². The molecular formula is C8H6F12O3. The fraction of sp³-hybridized carbons (Fsp3) is 1.00. The van der Waals surface area contributed by atoms with Gasteiger partial charge in [-0.25, -0.2) is 0 Å². The summed E-state index contributed by atoms with van der Waals surface area (Å²) in [5.74, 6) is 0. The topological polar surface area (TPSA) is 27.7 Å². The molecule has 0 saturated carbocycles. The SMILES string of the molecule is FC(F)(F)C(OCOCOC(C(F)(F)F)C(F)(F)F)C(F)(F)F. The first-order valence-electron chi connectivity index (χ1n) is 5.05. The summed E-state index contributed by atoms with van der Waals surface area (Å²) >= 11 is 0. The molecule has 0 N–H and O–H groups in total. The Morgan fingerprint density at radius 3 is 0.870 bits per heavy atom. The third-order valence-corrected chi connectivity index (χ3v) is 1.83. The van der Waals surface area contributed by atoms with E-state index in [0.29, 0.717) is 0 Å². The van der Waals surface area contributed by atoms with Crippen LogP contribution >= 0.6 is 0 Å². The molecule has 0 spiro atoms. The summed E-state index contributed by atoms with van der Waals surface area (Å²) < 4.78 is 153. The van der Waals surface area contributed by atoms with E-state index in [9.17, 15) is 52.7 Å². The number of alkyl halides is 12. The molecule has 0 heterocycles. The van der Waals surface area contributed by atoms with Gasteiger partial charge in [-0.1, -0.05) is 0 Å². The van der Waals surface area contributed by atoms with Crippen molar-refractivity contribution in [3.05, 3.63) is 0 Å². The van der Waals surface area contributed by atoms with Gasteiger partial charge in [0, 0.05) is 0 Å². The van der Waals surface area contributed by atoms with Gasteiger partial charge in [0.25, 0.3) is 12.2 Å². The van der Waals surface area contributed by atoms with E-state index in [0.717, 1.165) is 0 Å². The van der Waals surface area contributed by atoms with Crippen LogP contribution in [0.3, 0.4) is 0 Å². The minimum Gasteiger partial charge on any atom is -0.334 e. The Hall–Kier alpha value is -0.960. The maximum Gasteiger partial charge on any atom is 0.423 e. The fourth-order valence-electron chi connectivity index (χ4n) is 1.02. The average molecular weight is 378 g/mol. The molecule has 140 valence electrons. The van der Waals surface area contributed by atoms with Crippen LogP contribution in [0.5, 0.6) is 0 Å². The van der Waals surface area contributed by atoms with Crippen molar-refractivity contribution >= 4 is 0 Å². The molecule has 3 nitrogen and oxygen atoms in total. The van der Waals surface area contributed by atoms with E-state index >= 15 is 0 Å². The Kier molecular flexibility index (Phi) is 6.99. The fourth-order valence-corrected chi connectivity index (χ4v) is 1.02. The number of halogens is 12. The summed E-state index contributed by atoms with van der Waals surface area (Å²) in [5, 5.41) is 0. The summed E-state index contributed by atoms with van der Waals surface area (Å²) in [6.07, 6.45) is -32.3. The van der Waals surface area contributed by atoms with Crippen molar-refractivity contribution in [1.29, 1.82) is 0 Å². The first-order chi connectivity index (χ1) is 9.97. The molecule has 0 bridgehead atoms. The zero-order valence-electron chi connectivity index (χ0n) is 10.3. The minimum absolute atomic E-state index is 1.91. The average Bonchev–Trinajstić information content (AvgIpc) is 2.19. The Balaban J connectivity index is 4.46. The van der Waals surface area contributed by atoms with Gasteiger partial charge >= 0.3 is 24.7 Å². The summed E-state index contributed by atoms with van der Waals surface area (Å²) in [4.78, 5) is 0. The van der Waals surface area contributed by atoms with Gasteiger partial charge in [0.1, 0.15) is 0 Å². The lowest BCUT2D eigenvalue weighted by atomic mass is 10.3. The van der Waals surface area contributed by atoms with Gasteiger partial charge in [-0.05, 0) is 0 Å². The van der Waals surface area contributed by atoms with Crippen LogP contribution in [0.1, 0.15) is 0 Å². The molecule has 15 heteroatoms. The second kappa shape index (κ2) is 7.29. The van der Waals surface area contributed by atoms with E-state index in [1.807, 2.05) is 0 Å². The molecule has 0 unspecified atom stereocenters. The first kappa shape index (κ1) is 22.0. The molecule has 0 aliphatic heterocycles. The van der Waals surface area contributed by atoms with E-state index in [-0.39, 0.29) is 0 Å². The molecule has 23 heavy (non-hydrogen) atoms. The quantitative estimate of drug-likeness (QED) is 0.398. The Labute approximate surface area is 119 Å². The molecule has 0 atom stereocenters. The third kappa shape index (κ3) is 7.92. The van der Waals surface area contributed by atoms with Gasteiger partial charge in [-0.3, -0.25) is 0 Å². The molecule has 0 aliphatic rings. The van der Waals surface area contributed by atoms with E-state index in [4.69, 9.17) is 0 Å².